The van der Waals surface area contributed by atoms with Gasteiger partial charge in [-0.15, -0.1) is 46.4 Å². The first-order valence-corrected chi connectivity index (χ1v) is 3.94. The predicted molar refractivity (Wildman–Crippen MR) is 40.5 cm³/mol. The molecule has 0 aliphatic heterocycles. The summed E-state index contributed by atoms with van der Waals surface area (Å²) in [5, 5.41) is 0. The van der Waals surface area contributed by atoms with Gasteiger partial charge in [0.25, 0.3) is 0 Å². The molecule has 0 aliphatic rings. The predicted octanol–water partition coefficient (Wildman–Crippen LogP) is 3.03. The molecular weight excluding hydrogens is 190 g/mol. The van der Waals surface area contributed by atoms with Crippen LogP contribution >= 0.6 is 46.4 Å². The quantitative estimate of drug-likeness (QED) is 0.608. The van der Waals surface area contributed by atoms with Crippen LogP contribution in [0.25, 0.3) is 0 Å². The molecule has 0 heterocycles. The molecule has 50 valence electrons. The van der Waals surface area contributed by atoms with Crippen molar-refractivity contribution in [2.24, 2.45) is 0 Å². The summed E-state index contributed by atoms with van der Waals surface area (Å²) >= 11 is 21.8. The van der Waals surface area contributed by atoms with E-state index >= 15 is 0 Å². The fourth-order valence-electron chi connectivity index (χ4n) is 0.205. The van der Waals surface area contributed by atoms with E-state index in [1.54, 1.807) is 0 Å². The van der Waals surface area contributed by atoms with Gasteiger partial charge in [0.2, 0.25) is 0 Å². The van der Waals surface area contributed by atoms with Gasteiger partial charge in [-0.1, -0.05) is 0 Å². The lowest BCUT2D eigenvalue weighted by molar-refractivity contribution is 0.834. The molecule has 0 fully saturated rings. The highest BCUT2D eigenvalue weighted by Crippen LogP contribution is 2.26. The van der Waals surface area contributed by atoms with E-state index in [0.29, 0.717) is 12.3 Å². The lowest BCUT2D eigenvalue weighted by Crippen LogP contribution is -2.14. The Balaban J connectivity index is 3.37. The van der Waals surface area contributed by atoms with Crippen molar-refractivity contribution in [3.8, 4) is 0 Å². The van der Waals surface area contributed by atoms with Crippen LogP contribution in [0.1, 0.15) is 6.42 Å². The second-order valence-corrected chi connectivity index (χ2v) is 3.71. The Morgan fingerprint density at radius 3 is 1.75 bits per heavy atom. The molecule has 0 radical (unpaired) electrons. The lowest BCUT2D eigenvalue weighted by atomic mass is 10.4. The highest BCUT2D eigenvalue weighted by molar-refractivity contribution is 6.51. The van der Waals surface area contributed by atoms with E-state index in [4.69, 9.17) is 46.4 Å². The molecule has 8 heavy (non-hydrogen) atoms. The van der Waals surface area contributed by atoms with E-state index in [1.807, 2.05) is 0 Å². The molecule has 0 bridgehead atoms. The van der Waals surface area contributed by atoms with Gasteiger partial charge in [0.05, 0.1) is 5.88 Å². The number of halogens is 4. The largest absolute Gasteiger partial charge is 0.132 e. The van der Waals surface area contributed by atoms with Crippen LogP contribution < -0.4 is 0 Å². The van der Waals surface area contributed by atoms with Crippen molar-refractivity contribution in [2.75, 3.05) is 11.8 Å². The molecule has 0 saturated heterocycles. The summed E-state index contributed by atoms with van der Waals surface area (Å²) in [5.41, 5.74) is 0. The average Bonchev–Trinajstić information content (AvgIpc) is 1.67. The van der Waals surface area contributed by atoms with Crippen LogP contribution in [-0.4, -0.2) is 16.1 Å². The molecule has 0 atom stereocenters. The zero-order valence-electron chi connectivity index (χ0n) is 4.13. The molecule has 0 aromatic heterocycles. The van der Waals surface area contributed by atoms with Crippen LogP contribution in [0, 0.1) is 0 Å². The Labute approximate surface area is 69.0 Å². The summed E-state index contributed by atoms with van der Waals surface area (Å²) in [6.45, 7) is 0. The van der Waals surface area contributed by atoms with Crippen molar-refractivity contribution in [1.82, 2.24) is 0 Å². The van der Waals surface area contributed by atoms with Crippen molar-refractivity contribution >= 4 is 46.4 Å². The Bertz CT molecular complexity index is 61.1. The number of hydrogen-bond donors (Lipinski definition) is 0. The standard InChI is InChI=1S/C4H6Cl4/c5-2-1-4(7,8)3-6/h1-3H2. The lowest BCUT2D eigenvalue weighted by Gasteiger charge is -2.12. The highest BCUT2D eigenvalue weighted by Gasteiger charge is 2.20. The molecule has 0 nitrogen and oxygen atoms in total. The monoisotopic (exact) mass is 194 g/mol. The minimum atomic E-state index is -0.830. The number of alkyl halides is 4. The Morgan fingerprint density at radius 1 is 1.12 bits per heavy atom. The topological polar surface area (TPSA) is 0 Å². The third-order valence-corrected chi connectivity index (χ3v) is 2.22. The second kappa shape index (κ2) is 4.05. The molecule has 0 aromatic carbocycles. The number of rotatable bonds is 3. The van der Waals surface area contributed by atoms with Gasteiger partial charge < -0.3 is 0 Å². The molecule has 0 spiro atoms. The molecule has 0 aromatic rings. The van der Waals surface area contributed by atoms with Crippen molar-refractivity contribution in [3.05, 3.63) is 0 Å². The van der Waals surface area contributed by atoms with Gasteiger partial charge in [0, 0.05) is 5.88 Å². The maximum atomic E-state index is 5.57. The van der Waals surface area contributed by atoms with E-state index in [1.165, 1.54) is 0 Å². The van der Waals surface area contributed by atoms with E-state index in [2.05, 4.69) is 0 Å². The van der Waals surface area contributed by atoms with Gasteiger partial charge in [-0.25, -0.2) is 0 Å². The van der Waals surface area contributed by atoms with Gasteiger partial charge in [0.15, 0.2) is 0 Å². The van der Waals surface area contributed by atoms with Crippen LogP contribution in [0.3, 0.4) is 0 Å². The normalized spacial score (nSPS) is 12.0. The minimum Gasteiger partial charge on any atom is -0.127 e. The molecule has 0 unspecified atom stereocenters. The van der Waals surface area contributed by atoms with Gasteiger partial charge in [-0.3, -0.25) is 0 Å². The summed E-state index contributed by atoms with van der Waals surface area (Å²) in [6, 6.07) is 0. The van der Waals surface area contributed by atoms with Gasteiger partial charge in [-0.05, 0) is 6.42 Å². The first kappa shape index (κ1) is 9.16. The maximum absolute atomic E-state index is 5.57. The SMILES string of the molecule is ClCCC(Cl)(Cl)CCl. The van der Waals surface area contributed by atoms with Crippen LogP contribution in [0.15, 0.2) is 0 Å². The smallest absolute Gasteiger partial charge is 0.127 e. The summed E-state index contributed by atoms with van der Waals surface area (Å²) in [5.74, 6) is 0.669. The van der Waals surface area contributed by atoms with Crippen molar-refractivity contribution in [2.45, 2.75) is 10.8 Å². The van der Waals surface area contributed by atoms with E-state index in [9.17, 15) is 0 Å². The minimum absolute atomic E-state index is 0.225. The molecule has 0 N–H and O–H groups in total. The first-order chi connectivity index (χ1) is 3.62. The molecule has 0 saturated carbocycles. The Kier molecular flexibility index (Phi) is 4.64. The highest BCUT2D eigenvalue weighted by atomic mass is 35.5. The van der Waals surface area contributed by atoms with Crippen molar-refractivity contribution in [1.29, 1.82) is 0 Å². The summed E-state index contributed by atoms with van der Waals surface area (Å²) in [7, 11) is 0. The van der Waals surface area contributed by atoms with E-state index in [0.717, 1.165) is 0 Å². The molecule has 0 aliphatic carbocycles. The van der Waals surface area contributed by atoms with E-state index in [-0.39, 0.29) is 5.88 Å². The van der Waals surface area contributed by atoms with Crippen LogP contribution in [0.2, 0.25) is 0 Å². The van der Waals surface area contributed by atoms with Crippen molar-refractivity contribution in [3.63, 3.8) is 0 Å². The van der Waals surface area contributed by atoms with Crippen molar-refractivity contribution < 1.29 is 0 Å². The number of hydrogen-bond acceptors (Lipinski definition) is 0. The van der Waals surface area contributed by atoms with E-state index < -0.39 is 4.33 Å². The van der Waals surface area contributed by atoms with Gasteiger partial charge in [-0.2, -0.15) is 0 Å². The Hall–Kier alpha value is 1.16. The van der Waals surface area contributed by atoms with Crippen LogP contribution in [0.4, 0.5) is 0 Å². The summed E-state index contributed by atoms with van der Waals surface area (Å²) < 4.78 is -0.830. The zero-order chi connectivity index (χ0) is 6.62. The summed E-state index contributed by atoms with van der Waals surface area (Å²) in [4.78, 5) is 0. The maximum Gasteiger partial charge on any atom is 0.132 e. The third kappa shape index (κ3) is 4.08. The molecule has 4 heteroatoms. The molecular formula is C4H6Cl4. The van der Waals surface area contributed by atoms with Crippen LogP contribution in [0.5, 0.6) is 0 Å². The summed E-state index contributed by atoms with van der Waals surface area (Å²) in [6.07, 6.45) is 0.529. The van der Waals surface area contributed by atoms with Gasteiger partial charge >= 0.3 is 0 Å². The first-order valence-electron chi connectivity index (χ1n) is 2.12. The van der Waals surface area contributed by atoms with Gasteiger partial charge in [0.1, 0.15) is 4.33 Å². The second-order valence-electron chi connectivity index (χ2n) is 1.43. The van der Waals surface area contributed by atoms with Crippen LogP contribution in [-0.2, 0) is 0 Å². The zero-order valence-corrected chi connectivity index (χ0v) is 7.16. The Morgan fingerprint density at radius 2 is 1.62 bits per heavy atom. The average molecular weight is 196 g/mol. The third-order valence-electron chi connectivity index (χ3n) is 0.656. The fraction of sp³-hybridized carbons (Fsp3) is 1.00. The fourth-order valence-corrected chi connectivity index (χ4v) is 1.04. The molecule has 0 amide bonds. The molecule has 0 rings (SSSR count).